The van der Waals surface area contributed by atoms with E-state index in [4.69, 9.17) is 55.6 Å². The molecule has 2 aromatic heterocycles. The van der Waals surface area contributed by atoms with Gasteiger partial charge in [0.25, 0.3) is 5.91 Å². The predicted molar refractivity (Wildman–Crippen MR) is 85.1 cm³/mol. The van der Waals surface area contributed by atoms with Crippen LogP contribution in [-0.2, 0) is 16.1 Å². The third kappa shape index (κ3) is 4.51. The van der Waals surface area contributed by atoms with Gasteiger partial charge in [0.05, 0.1) is 27.9 Å². The highest BCUT2D eigenvalue weighted by Gasteiger charge is 2.22. The number of aromatic nitrogens is 1. The van der Waals surface area contributed by atoms with Gasteiger partial charge in [0.1, 0.15) is 10.9 Å². The molecule has 0 fully saturated rings. The van der Waals surface area contributed by atoms with Crippen LogP contribution in [0.4, 0.5) is 0 Å². The fourth-order valence-corrected chi connectivity index (χ4v) is 2.28. The smallest absolute Gasteiger partial charge is 0.359 e. The molecule has 0 aliphatic carbocycles. The van der Waals surface area contributed by atoms with Gasteiger partial charge in [-0.2, -0.15) is 0 Å². The average Bonchev–Trinajstić information content (AvgIpc) is 3.05. The Hall–Kier alpha value is -1.47. The van der Waals surface area contributed by atoms with E-state index in [-0.39, 0.29) is 32.5 Å². The molecule has 0 spiro atoms. The van der Waals surface area contributed by atoms with Crippen LogP contribution < -0.4 is 5.32 Å². The monoisotopic (exact) mass is 396 g/mol. The summed E-state index contributed by atoms with van der Waals surface area (Å²) < 4.78 is 9.84. The first kappa shape index (κ1) is 17.9. The van der Waals surface area contributed by atoms with Gasteiger partial charge in [0.2, 0.25) is 0 Å². The molecule has 23 heavy (non-hydrogen) atoms. The van der Waals surface area contributed by atoms with E-state index >= 15 is 0 Å². The number of carbonyl (C=O) groups excluding carboxylic acids is 2. The van der Waals surface area contributed by atoms with Crippen molar-refractivity contribution in [2.24, 2.45) is 0 Å². The number of esters is 1. The van der Waals surface area contributed by atoms with Crippen molar-refractivity contribution in [2.75, 3.05) is 6.61 Å². The lowest BCUT2D eigenvalue weighted by Gasteiger charge is -2.08. The van der Waals surface area contributed by atoms with Crippen molar-refractivity contribution in [3.8, 4) is 0 Å². The molecule has 1 amide bonds. The predicted octanol–water partition coefficient (Wildman–Crippen LogP) is 3.76. The quantitative estimate of drug-likeness (QED) is 0.613. The first-order chi connectivity index (χ1) is 10.9. The zero-order valence-corrected chi connectivity index (χ0v) is 14.3. The second kappa shape index (κ2) is 7.88. The van der Waals surface area contributed by atoms with Gasteiger partial charge in [-0.1, -0.05) is 46.4 Å². The lowest BCUT2D eigenvalue weighted by Crippen LogP contribution is -2.28. The van der Waals surface area contributed by atoms with Crippen molar-refractivity contribution >= 4 is 58.3 Å². The van der Waals surface area contributed by atoms with Crippen molar-refractivity contribution in [1.82, 2.24) is 10.3 Å². The largest absolute Gasteiger partial charge is 0.467 e. The van der Waals surface area contributed by atoms with Crippen molar-refractivity contribution in [2.45, 2.75) is 6.54 Å². The number of carbonyl (C=O) groups is 2. The number of hydrogen-bond donors (Lipinski definition) is 1. The minimum Gasteiger partial charge on any atom is -0.467 e. The molecule has 122 valence electrons. The van der Waals surface area contributed by atoms with Crippen LogP contribution in [0.3, 0.4) is 0 Å². The summed E-state index contributed by atoms with van der Waals surface area (Å²) in [4.78, 5) is 27.2. The molecule has 0 saturated heterocycles. The molecule has 2 rings (SSSR count). The van der Waals surface area contributed by atoms with Crippen LogP contribution in [0.15, 0.2) is 22.8 Å². The molecule has 0 aliphatic rings. The Balaban J connectivity index is 1.93. The Morgan fingerprint density at radius 1 is 1.17 bits per heavy atom. The van der Waals surface area contributed by atoms with Crippen LogP contribution in [0.2, 0.25) is 20.2 Å². The lowest BCUT2D eigenvalue weighted by atomic mass is 10.3. The number of amides is 1. The van der Waals surface area contributed by atoms with E-state index in [9.17, 15) is 9.59 Å². The summed E-state index contributed by atoms with van der Waals surface area (Å²) >= 11 is 23.1. The van der Waals surface area contributed by atoms with Crippen LogP contribution >= 0.6 is 46.4 Å². The zero-order valence-electron chi connectivity index (χ0n) is 11.2. The Labute approximate surface area is 150 Å². The van der Waals surface area contributed by atoms with E-state index in [1.54, 1.807) is 12.1 Å². The molecule has 0 radical (unpaired) electrons. The summed E-state index contributed by atoms with van der Waals surface area (Å²) in [7, 11) is 0. The Morgan fingerprint density at radius 2 is 1.91 bits per heavy atom. The van der Waals surface area contributed by atoms with Crippen molar-refractivity contribution in [3.63, 3.8) is 0 Å². The number of pyridine rings is 1. The van der Waals surface area contributed by atoms with E-state index in [0.717, 1.165) is 0 Å². The van der Waals surface area contributed by atoms with Crippen LogP contribution in [-0.4, -0.2) is 23.5 Å². The molecule has 0 aromatic carbocycles. The van der Waals surface area contributed by atoms with Gasteiger partial charge in [-0.05, 0) is 12.1 Å². The maximum Gasteiger partial charge on any atom is 0.359 e. The van der Waals surface area contributed by atoms with Crippen molar-refractivity contribution in [1.29, 1.82) is 0 Å². The normalized spacial score (nSPS) is 10.4. The Morgan fingerprint density at radius 3 is 2.57 bits per heavy atom. The Bertz CT molecular complexity index is 734. The highest BCUT2D eigenvalue weighted by atomic mass is 35.5. The van der Waals surface area contributed by atoms with Crippen LogP contribution in [0, 0.1) is 0 Å². The molecular formula is C13H8Cl4N2O4. The summed E-state index contributed by atoms with van der Waals surface area (Å²) in [6.07, 6.45) is 1.48. The lowest BCUT2D eigenvalue weighted by molar-refractivity contribution is -0.124. The summed E-state index contributed by atoms with van der Waals surface area (Å²) in [5.41, 5.74) is -0.329. The van der Waals surface area contributed by atoms with Gasteiger partial charge >= 0.3 is 5.97 Å². The first-order valence-electron chi connectivity index (χ1n) is 6.06. The molecule has 2 heterocycles. The molecule has 10 heteroatoms. The topological polar surface area (TPSA) is 81.4 Å². The number of rotatable bonds is 5. The number of nitrogens with one attached hydrogen (secondary N) is 1. The van der Waals surface area contributed by atoms with Crippen LogP contribution in [0.25, 0.3) is 0 Å². The third-order valence-corrected chi connectivity index (χ3v) is 4.23. The summed E-state index contributed by atoms with van der Waals surface area (Å²) in [5.74, 6) is -0.925. The average molecular weight is 398 g/mol. The van der Waals surface area contributed by atoms with Crippen LogP contribution in [0.1, 0.15) is 16.2 Å². The highest BCUT2D eigenvalue weighted by molar-refractivity contribution is 6.52. The molecule has 2 aromatic rings. The van der Waals surface area contributed by atoms with Gasteiger partial charge in [0, 0.05) is 0 Å². The van der Waals surface area contributed by atoms with E-state index < -0.39 is 18.5 Å². The summed E-state index contributed by atoms with van der Waals surface area (Å²) in [6.45, 7) is -0.365. The second-order valence-corrected chi connectivity index (χ2v) is 5.62. The number of ether oxygens (including phenoxy) is 1. The maximum absolute atomic E-state index is 11.9. The molecule has 0 aliphatic heterocycles. The SMILES string of the molecule is O=C(COC(=O)c1nc(Cl)c(Cl)c(Cl)c1Cl)NCc1ccco1. The maximum atomic E-state index is 11.9. The molecule has 1 N–H and O–H groups in total. The highest BCUT2D eigenvalue weighted by Crippen LogP contribution is 2.36. The van der Waals surface area contributed by atoms with Crippen molar-refractivity contribution in [3.05, 3.63) is 50.1 Å². The van der Waals surface area contributed by atoms with E-state index in [0.29, 0.717) is 5.76 Å². The number of nitrogens with zero attached hydrogens (tertiary/aromatic N) is 1. The minimum absolute atomic E-state index is 0.0777. The molecule has 0 saturated carbocycles. The van der Waals surface area contributed by atoms with E-state index in [1.165, 1.54) is 6.26 Å². The zero-order chi connectivity index (χ0) is 17.0. The van der Waals surface area contributed by atoms with E-state index in [2.05, 4.69) is 10.3 Å². The fourth-order valence-electron chi connectivity index (χ4n) is 1.47. The van der Waals surface area contributed by atoms with Crippen molar-refractivity contribution < 1.29 is 18.7 Å². The molecule has 0 atom stereocenters. The van der Waals surface area contributed by atoms with Gasteiger partial charge in [-0.15, -0.1) is 0 Å². The van der Waals surface area contributed by atoms with Gasteiger partial charge in [-0.3, -0.25) is 4.79 Å². The van der Waals surface area contributed by atoms with Crippen LogP contribution in [0.5, 0.6) is 0 Å². The van der Waals surface area contributed by atoms with Gasteiger partial charge < -0.3 is 14.5 Å². The minimum atomic E-state index is -0.955. The number of halogens is 4. The molecule has 0 bridgehead atoms. The van der Waals surface area contributed by atoms with Gasteiger partial charge in [0.15, 0.2) is 12.3 Å². The van der Waals surface area contributed by atoms with Gasteiger partial charge in [-0.25, -0.2) is 9.78 Å². The fraction of sp³-hybridized carbons (Fsp3) is 0.154. The number of hydrogen-bond acceptors (Lipinski definition) is 5. The third-order valence-electron chi connectivity index (χ3n) is 2.55. The van der Waals surface area contributed by atoms with E-state index in [1.807, 2.05) is 0 Å². The molecule has 0 unspecified atom stereocenters. The standard InChI is InChI=1S/C13H8Cl4N2O4/c14-8-9(15)11(19-12(17)10(8)16)13(21)23-5-7(20)18-4-6-2-1-3-22-6/h1-3H,4-5H2,(H,18,20). The first-order valence-corrected chi connectivity index (χ1v) is 7.57. The molecular weight excluding hydrogens is 390 g/mol. The summed E-state index contributed by atoms with van der Waals surface area (Å²) in [5, 5.41) is 1.90. The second-order valence-electron chi connectivity index (χ2n) is 4.13. The molecule has 6 nitrogen and oxygen atoms in total. The number of furan rings is 1. The summed E-state index contributed by atoms with van der Waals surface area (Å²) in [6, 6.07) is 3.37. The Kier molecular flexibility index (Phi) is 6.12.